The number of hydrogen-bond donors (Lipinski definition) is 2. The third-order valence-corrected chi connectivity index (χ3v) is 4.72. The summed E-state index contributed by atoms with van der Waals surface area (Å²) >= 11 is 1.47. The van der Waals surface area contributed by atoms with Crippen LogP contribution in [-0.4, -0.2) is 18.2 Å². The van der Waals surface area contributed by atoms with E-state index in [9.17, 15) is 4.39 Å². The first-order valence-electron chi connectivity index (χ1n) is 6.97. The molecule has 21 heavy (non-hydrogen) atoms. The van der Waals surface area contributed by atoms with Gasteiger partial charge < -0.3 is 15.8 Å². The number of benzene rings is 1. The summed E-state index contributed by atoms with van der Waals surface area (Å²) in [6.45, 7) is 2.02. The highest BCUT2D eigenvalue weighted by Gasteiger charge is 2.34. The van der Waals surface area contributed by atoms with Gasteiger partial charge >= 0.3 is 0 Å². The van der Waals surface area contributed by atoms with Crippen molar-refractivity contribution < 1.29 is 9.13 Å². The van der Waals surface area contributed by atoms with Crippen molar-refractivity contribution in [2.75, 3.05) is 18.9 Å². The lowest BCUT2D eigenvalue weighted by atomic mass is 9.82. The Morgan fingerprint density at radius 2 is 2.19 bits per heavy atom. The van der Waals surface area contributed by atoms with Crippen LogP contribution in [0.2, 0.25) is 0 Å². The number of nitrogens with zero attached hydrogens (tertiary/aromatic N) is 1. The molecule has 0 radical (unpaired) electrons. The maximum Gasteiger partial charge on any atom is 0.180 e. The Morgan fingerprint density at radius 3 is 2.86 bits per heavy atom. The van der Waals surface area contributed by atoms with Crippen LogP contribution in [0.1, 0.15) is 23.3 Å². The van der Waals surface area contributed by atoms with E-state index in [2.05, 4.69) is 10.3 Å². The second-order valence-electron chi connectivity index (χ2n) is 5.22. The molecule has 0 spiro atoms. The molecule has 112 valence electrons. The molecule has 0 aliphatic carbocycles. The van der Waals surface area contributed by atoms with Crippen molar-refractivity contribution in [2.45, 2.75) is 24.9 Å². The van der Waals surface area contributed by atoms with Crippen molar-refractivity contribution in [3.05, 3.63) is 46.7 Å². The topological polar surface area (TPSA) is 60.2 Å². The van der Waals surface area contributed by atoms with Crippen molar-refractivity contribution in [2.24, 2.45) is 0 Å². The number of ether oxygens (including phenoxy) is 1. The highest BCUT2D eigenvalue weighted by atomic mass is 32.1. The predicted molar refractivity (Wildman–Crippen MR) is 81.5 cm³/mol. The van der Waals surface area contributed by atoms with E-state index in [1.54, 1.807) is 18.3 Å². The van der Waals surface area contributed by atoms with E-state index in [0.29, 0.717) is 24.9 Å². The van der Waals surface area contributed by atoms with Crippen LogP contribution >= 0.6 is 11.3 Å². The van der Waals surface area contributed by atoms with E-state index in [0.717, 1.165) is 23.3 Å². The monoisotopic (exact) mass is 307 g/mol. The van der Waals surface area contributed by atoms with Gasteiger partial charge in [-0.05, 0) is 30.5 Å². The second-order valence-corrected chi connectivity index (χ2v) is 6.37. The molecule has 0 atom stereocenters. The molecule has 3 N–H and O–H groups in total. The molecule has 1 saturated heterocycles. The molecule has 0 amide bonds. The average molecular weight is 307 g/mol. The van der Waals surface area contributed by atoms with Crippen LogP contribution in [0.5, 0.6) is 0 Å². The van der Waals surface area contributed by atoms with E-state index < -0.39 is 0 Å². The van der Waals surface area contributed by atoms with Crippen LogP contribution in [0.25, 0.3) is 0 Å². The van der Waals surface area contributed by atoms with Crippen LogP contribution in [0.15, 0.2) is 30.5 Å². The molecule has 3 rings (SSSR count). The molecule has 0 unspecified atom stereocenters. The van der Waals surface area contributed by atoms with Crippen LogP contribution in [0.3, 0.4) is 0 Å². The van der Waals surface area contributed by atoms with Crippen molar-refractivity contribution in [3.8, 4) is 0 Å². The lowest BCUT2D eigenvalue weighted by Gasteiger charge is -2.38. The summed E-state index contributed by atoms with van der Waals surface area (Å²) in [5.74, 6) is -0.206. The zero-order valence-electron chi connectivity index (χ0n) is 11.6. The van der Waals surface area contributed by atoms with Crippen molar-refractivity contribution >= 4 is 16.5 Å². The molecule has 0 saturated carbocycles. The minimum atomic E-state index is -0.251. The summed E-state index contributed by atoms with van der Waals surface area (Å²) in [5.41, 5.74) is 6.39. The number of nitrogens with one attached hydrogen (secondary N) is 1. The van der Waals surface area contributed by atoms with Gasteiger partial charge in [-0.25, -0.2) is 9.37 Å². The molecule has 0 bridgehead atoms. The third-order valence-electron chi connectivity index (χ3n) is 3.90. The fourth-order valence-corrected chi connectivity index (χ4v) is 3.36. The number of thiazole rings is 1. The van der Waals surface area contributed by atoms with Gasteiger partial charge in [-0.2, -0.15) is 0 Å². The Hall–Kier alpha value is -1.50. The van der Waals surface area contributed by atoms with Gasteiger partial charge in [0, 0.05) is 36.4 Å². The Kier molecular flexibility index (Phi) is 4.19. The second kappa shape index (κ2) is 6.09. The van der Waals surface area contributed by atoms with Gasteiger partial charge in [-0.15, -0.1) is 11.3 Å². The van der Waals surface area contributed by atoms with Gasteiger partial charge in [0.1, 0.15) is 5.82 Å². The molecule has 2 heterocycles. The summed E-state index contributed by atoms with van der Waals surface area (Å²) in [5, 5.41) is 4.14. The predicted octanol–water partition coefficient (Wildman–Crippen LogP) is 2.66. The zero-order valence-corrected chi connectivity index (χ0v) is 12.5. The lowest BCUT2D eigenvalue weighted by molar-refractivity contribution is 0.0358. The fraction of sp³-hybridized carbons (Fsp3) is 0.400. The highest BCUT2D eigenvalue weighted by molar-refractivity contribution is 7.15. The molecular formula is C15H18FN3OS. The first-order valence-corrected chi connectivity index (χ1v) is 7.79. The van der Waals surface area contributed by atoms with Gasteiger partial charge in [-0.3, -0.25) is 0 Å². The summed E-state index contributed by atoms with van der Waals surface area (Å²) in [7, 11) is 0. The minimum absolute atomic E-state index is 0.206. The lowest BCUT2D eigenvalue weighted by Crippen LogP contribution is -2.46. The van der Waals surface area contributed by atoms with E-state index >= 15 is 0 Å². The standard InChI is InChI=1S/C15H18FN3OS/c16-12-3-1-2-11(8-12)15(4-6-20-7-5-15)19-10-13-9-18-14(17)21-13/h1-3,8-9,19H,4-7,10H2,(H2,17,18). The molecule has 1 aliphatic rings. The number of aromatic nitrogens is 1. The SMILES string of the molecule is Nc1ncc(CNC2(c3cccc(F)c3)CCOCC2)s1. The smallest absolute Gasteiger partial charge is 0.180 e. The Labute approximate surface area is 127 Å². The Morgan fingerprint density at radius 1 is 1.38 bits per heavy atom. The number of hydrogen-bond acceptors (Lipinski definition) is 5. The van der Waals surface area contributed by atoms with Gasteiger partial charge in [0.2, 0.25) is 0 Å². The zero-order chi connectivity index (χ0) is 14.7. The summed E-state index contributed by atoms with van der Waals surface area (Å²) in [6, 6.07) is 6.82. The highest BCUT2D eigenvalue weighted by Crippen LogP contribution is 2.33. The third kappa shape index (κ3) is 3.23. The summed E-state index contributed by atoms with van der Waals surface area (Å²) in [6.07, 6.45) is 3.43. The average Bonchev–Trinajstić information content (AvgIpc) is 2.92. The molecule has 6 heteroatoms. The van der Waals surface area contributed by atoms with Gasteiger partial charge in [0.15, 0.2) is 5.13 Å². The minimum Gasteiger partial charge on any atom is -0.381 e. The molecule has 1 aromatic heterocycles. The largest absolute Gasteiger partial charge is 0.381 e. The van der Waals surface area contributed by atoms with Crippen LogP contribution in [0, 0.1) is 5.82 Å². The number of nitrogen functional groups attached to an aromatic ring is 1. The van der Waals surface area contributed by atoms with Crippen molar-refractivity contribution in [1.82, 2.24) is 10.3 Å². The first-order chi connectivity index (χ1) is 10.2. The number of halogens is 1. The molecule has 1 aromatic carbocycles. The number of nitrogens with two attached hydrogens (primary N) is 1. The molecule has 4 nitrogen and oxygen atoms in total. The first kappa shape index (κ1) is 14.4. The van der Waals surface area contributed by atoms with E-state index in [-0.39, 0.29) is 11.4 Å². The van der Waals surface area contributed by atoms with Gasteiger partial charge in [0.25, 0.3) is 0 Å². The Balaban J connectivity index is 1.82. The van der Waals surface area contributed by atoms with Crippen molar-refractivity contribution in [3.63, 3.8) is 0 Å². The normalized spacial score (nSPS) is 17.8. The number of rotatable bonds is 4. The molecular weight excluding hydrogens is 289 g/mol. The number of anilines is 1. The van der Waals surface area contributed by atoms with Crippen molar-refractivity contribution in [1.29, 1.82) is 0 Å². The summed E-state index contributed by atoms with van der Waals surface area (Å²) in [4.78, 5) is 5.14. The van der Waals surface area contributed by atoms with Crippen LogP contribution in [0.4, 0.5) is 9.52 Å². The van der Waals surface area contributed by atoms with E-state index in [4.69, 9.17) is 10.5 Å². The molecule has 1 fully saturated rings. The molecule has 2 aromatic rings. The molecule has 1 aliphatic heterocycles. The van der Waals surface area contributed by atoms with Crippen LogP contribution < -0.4 is 11.1 Å². The van der Waals surface area contributed by atoms with Gasteiger partial charge in [0.05, 0.1) is 0 Å². The van der Waals surface area contributed by atoms with E-state index in [1.165, 1.54) is 17.4 Å². The fourth-order valence-electron chi connectivity index (χ4n) is 2.73. The van der Waals surface area contributed by atoms with Crippen LogP contribution in [-0.2, 0) is 16.8 Å². The summed E-state index contributed by atoms with van der Waals surface area (Å²) < 4.78 is 19.0. The maximum absolute atomic E-state index is 13.6. The van der Waals surface area contributed by atoms with E-state index in [1.807, 2.05) is 6.07 Å². The Bertz CT molecular complexity index is 610. The quantitative estimate of drug-likeness (QED) is 0.911. The van der Waals surface area contributed by atoms with Gasteiger partial charge in [-0.1, -0.05) is 12.1 Å². The maximum atomic E-state index is 13.6.